The van der Waals surface area contributed by atoms with Crippen LogP contribution in [0.4, 0.5) is 0 Å². The van der Waals surface area contributed by atoms with Gasteiger partial charge in [0.15, 0.2) is 0 Å². The van der Waals surface area contributed by atoms with Crippen LogP contribution in [-0.4, -0.2) is 24.4 Å². The third-order valence-corrected chi connectivity index (χ3v) is 1.68. The molecule has 0 aliphatic rings. The van der Waals surface area contributed by atoms with Gasteiger partial charge in [0.05, 0.1) is 0 Å². The summed E-state index contributed by atoms with van der Waals surface area (Å²) >= 11 is 0. The van der Waals surface area contributed by atoms with Crippen molar-refractivity contribution in [3.8, 4) is 0 Å². The minimum Gasteiger partial charge on any atom is -0.367 e. The van der Waals surface area contributed by atoms with Crippen LogP contribution in [0.1, 0.15) is 10.4 Å². The number of guanidine groups is 1. The van der Waals surface area contributed by atoms with Crippen molar-refractivity contribution in [1.82, 2.24) is 5.32 Å². The fraction of sp³-hybridized carbons (Fsp3) is 0.100. The largest absolute Gasteiger partial charge is 0.367 e. The molecule has 1 aromatic rings. The van der Waals surface area contributed by atoms with Crippen molar-refractivity contribution in [3.05, 3.63) is 35.9 Å². The average Bonchev–Trinajstić information content (AvgIpc) is 2.34. The van der Waals surface area contributed by atoms with E-state index in [0.29, 0.717) is 5.56 Å². The lowest BCUT2D eigenvalue weighted by molar-refractivity contribution is -0.142. The molecule has 7 heteroatoms. The molecule has 0 atom stereocenters. The van der Waals surface area contributed by atoms with Crippen LogP contribution in [-0.2, 0) is 9.63 Å². The van der Waals surface area contributed by atoms with Crippen LogP contribution < -0.4 is 16.8 Å². The summed E-state index contributed by atoms with van der Waals surface area (Å²) in [6.07, 6.45) is 0. The molecule has 0 spiro atoms. The average molecular weight is 236 g/mol. The molecule has 1 aromatic carbocycles. The summed E-state index contributed by atoms with van der Waals surface area (Å²) < 4.78 is 0. The Hall–Kier alpha value is -2.57. The van der Waals surface area contributed by atoms with Gasteiger partial charge in [-0.25, -0.2) is 4.79 Å². The van der Waals surface area contributed by atoms with Crippen LogP contribution in [0.25, 0.3) is 0 Å². The molecule has 0 unspecified atom stereocenters. The zero-order chi connectivity index (χ0) is 12.7. The Kier molecular flexibility index (Phi) is 4.49. The molecule has 5 N–H and O–H groups in total. The highest BCUT2D eigenvalue weighted by atomic mass is 16.7. The van der Waals surface area contributed by atoms with E-state index in [1.807, 2.05) is 0 Å². The summed E-state index contributed by atoms with van der Waals surface area (Å²) in [5, 5.41) is 5.40. The van der Waals surface area contributed by atoms with E-state index in [4.69, 9.17) is 11.5 Å². The number of rotatable bonds is 4. The van der Waals surface area contributed by atoms with Crippen LogP contribution in [0.3, 0.4) is 0 Å². The quantitative estimate of drug-likeness (QED) is 0.272. The third kappa shape index (κ3) is 4.65. The maximum absolute atomic E-state index is 11.5. The molecular weight excluding hydrogens is 224 g/mol. The molecule has 0 fully saturated rings. The predicted octanol–water partition coefficient (Wildman–Crippen LogP) is -0.852. The highest BCUT2D eigenvalue weighted by Crippen LogP contribution is 1.97. The van der Waals surface area contributed by atoms with E-state index in [0.717, 1.165) is 0 Å². The first-order valence-electron chi connectivity index (χ1n) is 4.71. The SMILES string of the molecule is NC(N)=NOC(=O)CNC(=O)c1ccccc1. The first-order valence-corrected chi connectivity index (χ1v) is 4.71. The summed E-state index contributed by atoms with van der Waals surface area (Å²) in [7, 11) is 0. The van der Waals surface area contributed by atoms with Gasteiger partial charge in [-0.2, -0.15) is 0 Å². The second kappa shape index (κ2) is 6.11. The molecule has 0 bridgehead atoms. The third-order valence-electron chi connectivity index (χ3n) is 1.68. The molecule has 0 saturated heterocycles. The summed E-state index contributed by atoms with van der Waals surface area (Å²) in [6, 6.07) is 8.45. The molecule has 1 rings (SSSR count). The van der Waals surface area contributed by atoms with Gasteiger partial charge in [0, 0.05) is 5.56 Å². The lowest BCUT2D eigenvalue weighted by atomic mass is 10.2. The van der Waals surface area contributed by atoms with E-state index < -0.39 is 5.97 Å². The molecule has 0 radical (unpaired) electrons. The van der Waals surface area contributed by atoms with Crippen molar-refractivity contribution >= 4 is 17.8 Å². The molecule has 90 valence electrons. The van der Waals surface area contributed by atoms with Gasteiger partial charge in [-0.05, 0) is 17.3 Å². The molecule has 0 aromatic heterocycles. The van der Waals surface area contributed by atoms with E-state index >= 15 is 0 Å². The zero-order valence-electron chi connectivity index (χ0n) is 8.92. The number of carbonyl (C=O) groups is 2. The lowest BCUT2D eigenvalue weighted by Gasteiger charge is -2.02. The second-order valence-electron chi connectivity index (χ2n) is 3.03. The van der Waals surface area contributed by atoms with E-state index in [2.05, 4.69) is 15.3 Å². The molecule has 7 nitrogen and oxygen atoms in total. The monoisotopic (exact) mass is 236 g/mol. The number of amides is 1. The number of nitrogens with two attached hydrogens (primary N) is 2. The van der Waals surface area contributed by atoms with E-state index in [-0.39, 0.29) is 18.4 Å². The van der Waals surface area contributed by atoms with Gasteiger partial charge >= 0.3 is 5.97 Å². The van der Waals surface area contributed by atoms with E-state index in [1.165, 1.54) is 0 Å². The Morgan fingerprint density at radius 3 is 2.47 bits per heavy atom. The van der Waals surface area contributed by atoms with Crippen LogP contribution in [0, 0.1) is 0 Å². The van der Waals surface area contributed by atoms with Crippen LogP contribution in [0.2, 0.25) is 0 Å². The Morgan fingerprint density at radius 2 is 1.88 bits per heavy atom. The van der Waals surface area contributed by atoms with Gasteiger partial charge in [0.1, 0.15) is 6.54 Å². The molecule has 0 saturated carbocycles. The standard InChI is InChI=1S/C10H12N4O3/c11-10(12)14-17-8(15)6-13-9(16)7-4-2-1-3-5-7/h1-5H,6H2,(H,13,16)(H4,11,12,14). The van der Waals surface area contributed by atoms with Crippen molar-refractivity contribution in [2.45, 2.75) is 0 Å². The smallest absolute Gasteiger partial charge is 0.354 e. The van der Waals surface area contributed by atoms with E-state index in [1.54, 1.807) is 30.3 Å². The summed E-state index contributed by atoms with van der Waals surface area (Å²) in [5.41, 5.74) is 10.3. The molecular formula is C10H12N4O3. The fourth-order valence-electron chi connectivity index (χ4n) is 0.980. The Morgan fingerprint density at radius 1 is 1.24 bits per heavy atom. The van der Waals surface area contributed by atoms with Gasteiger partial charge in [0.25, 0.3) is 5.91 Å². The number of hydrogen-bond donors (Lipinski definition) is 3. The molecule has 0 heterocycles. The van der Waals surface area contributed by atoms with Crippen LogP contribution in [0.5, 0.6) is 0 Å². The van der Waals surface area contributed by atoms with E-state index in [9.17, 15) is 9.59 Å². The van der Waals surface area contributed by atoms with Crippen molar-refractivity contribution in [3.63, 3.8) is 0 Å². The first kappa shape index (κ1) is 12.5. The Labute approximate surface area is 97.4 Å². The summed E-state index contributed by atoms with van der Waals surface area (Å²) in [6.45, 7) is -0.315. The Bertz CT molecular complexity index is 426. The van der Waals surface area contributed by atoms with Crippen molar-refractivity contribution in [2.75, 3.05) is 6.54 Å². The number of nitrogens with zero attached hydrogens (tertiary/aromatic N) is 1. The highest BCUT2D eigenvalue weighted by molar-refractivity contribution is 5.95. The second-order valence-corrected chi connectivity index (χ2v) is 3.03. The highest BCUT2D eigenvalue weighted by Gasteiger charge is 2.08. The minimum absolute atomic E-state index is 0.315. The summed E-state index contributed by atoms with van der Waals surface area (Å²) in [5.74, 6) is -1.51. The van der Waals surface area contributed by atoms with Crippen LogP contribution in [0.15, 0.2) is 35.5 Å². The molecule has 17 heavy (non-hydrogen) atoms. The van der Waals surface area contributed by atoms with Gasteiger partial charge in [-0.3, -0.25) is 4.79 Å². The normalized spacial score (nSPS) is 9.18. The number of oxime groups is 1. The predicted molar refractivity (Wildman–Crippen MR) is 60.7 cm³/mol. The fourth-order valence-corrected chi connectivity index (χ4v) is 0.980. The zero-order valence-corrected chi connectivity index (χ0v) is 8.92. The van der Waals surface area contributed by atoms with Gasteiger partial charge in [-0.1, -0.05) is 18.2 Å². The van der Waals surface area contributed by atoms with Crippen molar-refractivity contribution in [1.29, 1.82) is 0 Å². The molecule has 1 amide bonds. The maximum Gasteiger partial charge on any atom is 0.354 e. The van der Waals surface area contributed by atoms with Crippen molar-refractivity contribution in [2.24, 2.45) is 16.6 Å². The lowest BCUT2D eigenvalue weighted by Crippen LogP contribution is -2.31. The Balaban J connectivity index is 2.39. The number of carbonyl (C=O) groups excluding carboxylic acids is 2. The van der Waals surface area contributed by atoms with Gasteiger partial charge < -0.3 is 21.6 Å². The van der Waals surface area contributed by atoms with Gasteiger partial charge in [0.2, 0.25) is 5.96 Å². The summed E-state index contributed by atoms with van der Waals surface area (Å²) in [4.78, 5) is 26.8. The molecule has 0 aliphatic carbocycles. The topological polar surface area (TPSA) is 120 Å². The number of benzene rings is 1. The van der Waals surface area contributed by atoms with Gasteiger partial charge in [-0.15, -0.1) is 0 Å². The van der Waals surface area contributed by atoms with Crippen LogP contribution >= 0.6 is 0 Å². The van der Waals surface area contributed by atoms with Crippen molar-refractivity contribution < 1.29 is 14.4 Å². The minimum atomic E-state index is -0.761. The molecule has 0 aliphatic heterocycles. The number of nitrogens with one attached hydrogen (secondary N) is 1. The maximum atomic E-state index is 11.5. The first-order chi connectivity index (χ1) is 8.09. The number of hydrogen-bond acceptors (Lipinski definition) is 4.